The van der Waals surface area contributed by atoms with E-state index in [0.29, 0.717) is 0 Å². The molecule has 101 heavy (non-hydrogen) atoms. The van der Waals surface area contributed by atoms with Crippen molar-refractivity contribution < 1.29 is 0 Å². The summed E-state index contributed by atoms with van der Waals surface area (Å²) >= 11 is 0. The van der Waals surface area contributed by atoms with Crippen LogP contribution in [0.1, 0.15) is 225 Å². The summed E-state index contributed by atoms with van der Waals surface area (Å²) in [4.78, 5) is 0. The minimum Gasteiger partial charge on any atom is -0.0653 e. The Hall–Kier alpha value is -9.36. The van der Waals surface area contributed by atoms with Gasteiger partial charge >= 0.3 is 0 Å². The van der Waals surface area contributed by atoms with Gasteiger partial charge in [-0.05, 0) is 278 Å². The molecule has 12 aromatic carbocycles. The molecule has 0 heterocycles. The SMILES string of the molecule is CCCC1(CCC)c2ccccc2-c2ccc(-c3ccc4c(c3)C3(c5cc(-c6ccc7c(c6)C(CCC)(CCC)c6ccccc6-7)ccc5-4)c4cc(-c5ccc6c(c5)C(CCC)(CCC)c5ccccc5-6)ccc4-c4ccc(-c5ccc6c(c5)C(CCC)(CCC)c5ccccc5-6)cc43)cc21. The predicted molar refractivity (Wildman–Crippen MR) is 429 cm³/mol. The molecule has 0 aliphatic heterocycles. The van der Waals surface area contributed by atoms with E-state index in [0.717, 1.165) is 103 Å². The van der Waals surface area contributed by atoms with Crippen LogP contribution >= 0.6 is 0 Å². The van der Waals surface area contributed by atoms with Gasteiger partial charge in [0.2, 0.25) is 0 Å². The second kappa shape index (κ2) is 24.4. The van der Waals surface area contributed by atoms with Gasteiger partial charge in [-0.25, -0.2) is 0 Å². The fourth-order valence-electron chi connectivity index (χ4n) is 22.6. The highest BCUT2D eigenvalue weighted by Crippen LogP contribution is 2.66. The van der Waals surface area contributed by atoms with Gasteiger partial charge < -0.3 is 0 Å². The Labute approximate surface area is 602 Å². The zero-order chi connectivity index (χ0) is 68.6. The standard InChI is InChI=1S/C101H96/c1-9-49-97(50-10-2)85-29-21-17-25-73(85)77-41-33-65(57-89(77)97)69-37-45-81-82-46-38-70(66-34-42-78-74-26-18-22-30-86(74)98(51-11-3,52-12-4)90(78)58-66)62-94(82)101(93(81)61-69)95-63-71(67-35-43-79-75-27-19-23-31-87(75)99(53-13-5,54-14-6)91(79)59-67)39-47-83(95)84-48-40-72(64-96(84)101)68-36-44-80-76-28-20-24-32-88(76)100(55-15-7,56-16-8)92(80)60-68/h17-48,57-64H,9-16,49-56H2,1-8H3. The number of rotatable bonds is 20. The highest BCUT2D eigenvalue weighted by Gasteiger charge is 2.54. The first-order valence-corrected chi connectivity index (χ1v) is 39.2. The third-order valence-electron chi connectivity index (χ3n) is 26.1. The Bertz CT molecular complexity index is 4640. The van der Waals surface area contributed by atoms with Crippen LogP contribution < -0.4 is 0 Å². The molecule has 0 heteroatoms. The maximum absolute atomic E-state index is 2.68. The maximum atomic E-state index is 2.68. The molecule has 0 amide bonds. The molecule has 18 rings (SSSR count). The van der Waals surface area contributed by atoms with E-state index >= 15 is 0 Å². The molecule has 0 N–H and O–H groups in total. The van der Waals surface area contributed by atoms with Gasteiger partial charge in [0.05, 0.1) is 5.41 Å². The first kappa shape index (κ1) is 63.8. The van der Waals surface area contributed by atoms with Crippen molar-refractivity contribution in [3.63, 3.8) is 0 Å². The molecular formula is C101H96. The Morgan fingerprint density at radius 3 is 0.485 bits per heavy atom. The first-order valence-electron chi connectivity index (χ1n) is 39.2. The second-order valence-electron chi connectivity index (χ2n) is 31.3. The van der Waals surface area contributed by atoms with E-state index in [1.807, 2.05) is 0 Å². The molecule has 0 radical (unpaired) electrons. The number of fused-ring (bicyclic) bond motifs is 22. The number of benzene rings is 12. The Balaban J connectivity index is 0.900. The Morgan fingerprint density at radius 1 is 0.158 bits per heavy atom. The molecular weight excluding hydrogens is 1210 g/mol. The largest absolute Gasteiger partial charge is 0.0726 e. The van der Waals surface area contributed by atoms with Gasteiger partial charge in [-0.2, -0.15) is 0 Å². The normalized spacial score (nSPS) is 15.8. The van der Waals surface area contributed by atoms with Crippen molar-refractivity contribution in [3.8, 4) is 111 Å². The lowest BCUT2D eigenvalue weighted by molar-refractivity contribution is 0.436. The lowest BCUT2D eigenvalue weighted by Crippen LogP contribution is -2.26. The van der Waals surface area contributed by atoms with Crippen molar-refractivity contribution in [3.05, 3.63) is 309 Å². The molecule has 0 bridgehead atoms. The van der Waals surface area contributed by atoms with Crippen molar-refractivity contribution in [2.45, 2.75) is 185 Å². The van der Waals surface area contributed by atoms with E-state index in [2.05, 4.69) is 298 Å². The summed E-state index contributed by atoms with van der Waals surface area (Å²) in [7, 11) is 0. The zero-order valence-electron chi connectivity index (χ0n) is 60.9. The molecule has 0 aromatic heterocycles. The van der Waals surface area contributed by atoms with Crippen LogP contribution in [0.25, 0.3) is 111 Å². The fraction of sp³-hybridized carbons (Fsp3) is 0.287. The van der Waals surface area contributed by atoms with Crippen LogP contribution in [0.4, 0.5) is 0 Å². The minimum absolute atomic E-state index is 0.0284. The second-order valence-corrected chi connectivity index (χ2v) is 31.3. The van der Waals surface area contributed by atoms with Crippen molar-refractivity contribution in [2.75, 3.05) is 0 Å². The van der Waals surface area contributed by atoms with Crippen LogP contribution in [0.15, 0.2) is 243 Å². The van der Waals surface area contributed by atoms with Crippen molar-refractivity contribution in [1.29, 1.82) is 0 Å². The number of hydrogen-bond donors (Lipinski definition) is 0. The average molecular weight is 1310 g/mol. The van der Waals surface area contributed by atoms with Gasteiger partial charge in [0.1, 0.15) is 0 Å². The van der Waals surface area contributed by atoms with Gasteiger partial charge in [0, 0.05) is 21.7 Å². The van der Waals surface area contributed by atoms with Gasteiger partial charge in [0.15, 0.2) is 0 Å². The van der Waals surface area contributed by atoms with Gasteiger partial charge in [-0.3, -0.25) is 0 Å². The predicted octanol–water partition coefficient (Wildman–Crippen LogP) is 28.2. The van der Waals surface area contributed by atoms with Crippen LogP contribution in [0, 0.1) is 0 Å². The summed E-state index contributed by atoms with van der Waals surface area (Å²) in [6, 6.07) is 98.6. The molecule has 0 unspecified atom stereocenters. The molecule has 0 saturated carbocycles. The van der Waals surface area contributed by atoms with Crippen molar-refractivity contribution in [1.82, 2.24) is 0 Å². The van der Waals surface area contributed by atoms with E-state index in [1.165, 1.54) is 178 Å². The summed E-state index contributed by atoms with van der Waals surface area (Å²) in [5.74, 6) is 0. The first-order chi connectivity index (χ1) is 49.6. The fourth-order valence-corrected chi connectivity index (χ4v) is 22.6. The molecule has 500 valence electrons. The summed E-state index contributed by atoms with van der Waals surface area (Å²) < 4.78 is 0. The van der Waals surface area contributed by atoms with Gasteiger partial charge in [-0.1, -0.05) is 301 Å². The van der Waals surface area contributed by atoms with E-state index in [-0.39, 0.29) is 21.7 Å². The summed E-state index contributed by atoms with van der Waals surface area (Å²) in [6.07, 6.45) is 18.2. The van der Waals surface area contributed by atoms with Crippen LogP contribution in [-0.4, -0.2) is 0 Å². The Kier molecular flexibility index (Phi) is 15.4. The van der Waals surface area contributed by atoms with E-state index in [4.69, 9.17) is 0 Å². The molecule has 1 spiro atoms. The van der Waals surface area contributed by atoms with Crippen LogP contribution in [0.3, 0.4) is 0 Å². The summed E-state index contributed by atoms with van der Waals surface area (Å²) in [5.41, 5.74) is 43.7. The van der Waals surface area contributed by atoms with E-state index < -0.39 is 5.41 Å². The van der Waals surface area contributed by atoms with Crippen LogP contribution in [0.5, 0.6) is 0 Å². The van der Waals surface area contributed by atoms with E-state index in [1.54, 1.807) is 0 Å². The topological polar surface area (TPSA) is 0 Å². The smallest absolute Gasteiger partial charge is 0.0653 e. The van der Waals surface area contributed by atoms with Crippen LogP contribution in [0.2, 0.25) is 0 Å². The maximum Gasteiger partial charge on any atom is 0.0726 e. The lowest BCUT2D eigenvalue weighted by atomic mass is 9.68. The monoisotopic (exact) mass is 1310 g/mol. The third-order valence-corrected chi connectivity index (χ3v) is 26.1. The summed E-state index contributed by atoms with van der Waals surface area (Å²) in [5, 5.41) is 0. The molecule has 6 aliphatic rings. The quantitative estimate of drug-likeness (QED) is 0.0713. The minimum atomic E-state index is -0.696. The molecule has 0 saturated heterocycles. The molecule has 0 atom stereocenters. The van der Waals surface area contributed by atoms with Crippen molar-refractivity contribution >= 4 is 0 Å². The third kappa shape index (κ3) is 8.91. The zero-order valence-corrected chi connectivity index (χ0v) is 60.9. The molecule has 0 fully saturated rings. The highest BCUT2D eigenvalue weighted by atomic mass is 14.6. The van der Waals surface area contributed by atoms with Crippen LogP contribution in [-0.2, 0) is 27.1 Å². The van der Waals surface area contributed by atoms with Gasteiger partial charge in [0.25, 0.3) is 0 Å². The van der Waals surface area contributed by atoms with Crippen molar-refractivity contribution in [2.24, 2.45) is 0 Å². The van der Waals surface area contributed by atoms with Gasteiger partial charge in [-0.15, -0.1) is 0 Å². The highest BCUT2D eigenvalue weighted by molar-refractivity contribution is 6.00. The Morgan fingerprint density at radius 2 is 0.307 bits per heavy atom. The number of hydrogen-bond acceptors (Lipinski definition) is 0. The molecule has 12 aromatic rings. The summed E-state index contributed by atoms with van der Waals surface area (Å²) in [6.45, 7) is 19.1. The molecule has 6 aliphatic carbocycles. The van der Waals surface area contributed by atoms with E-state index in [9.17, 15) is 0 Å². The molecule has 0 nitrogen and oxygen atoms in total. The lowest BCUT2D eigenvalue weighted by Gasteiger charge is -2.33. The average Bonchev–Trinajstić information content (AvgIpc) is 1.60.